The van der Waals surface area contributed by atoms with E-state index in [0.29, 0.717) is 18.1 Å². The van der Waals surface area contributed by atoms with Crippen LogP contribution in [-0.4, -0.2) is 29.0 Å². The van der Waals surface area contributed by atoms with Crippen molar-refractivity contribution in [1.82, 2.24) is 10.2 Å². The summed E-state index contributed by atoms with van der Waals surface area (Å²) in [5.74, 6) is 0.652. The van der Waals surface area contributed by atoms with Gasteiger partial charge in [0.2, 0.25) is 5.13 Å². The molecule has 3 rings (SSSR count). The highest BCUT2D eigenvalue weighted by atomic mass is 32.1. The predicted molar refractivity (Wildman–Crippen MR) is 63.7 cm³/mol. The largest absolute Gasteiger partial charge is 0.377 e. The van der Waals surface area contributed by atoms with Gasteiger partial charge in [0.05, 0.1) is 6.10 Å². The van der Waals surface area contributed by atoms with E-state index in [1.165, 1.54) is 6.42 Å². The van der Waals surface area contributed by atoms with Crippen molar-refractivity contribution in [2.45, 2.75) is 39.3 Å². The van der Waals surface area contributed by atoms with Crippen LogP contribution in [-0.2, 0) is 4.74 Å². The number of anilines is 1. The van der Waals surface area contributed by atoms with Crippen LogP contribution < -0.4 is 5.32 Å². The molecule has 0 spiro atoms. The number of nitrogens with one attached hydrogen (secondary N) is 1. The molecule has 0 aromatic carbocycles. The van der Waals surface area contributed by atoms with Gasteiger partial charge in [-0.3, -0.25) is 0 Å². The van der Waals surface area contributed by atoms with Gasteiger partial charge in [0.15, 0.2) is 0 Å². The van der Waals surface area contributed by atoms with Crippen LogP contribution in [0.15, 0.2) is 0 Å². The van der Waals surface area contributed by atoms with E-state index in [1.54, 1.807) is 11.3 Å². The SMILES string of the molecule is Cc1nnc(N[C@@H]2[C@@H]3CCO[C@@H]3C2(C)C)s1. The minimum atomic E-state index is 0.209. The average molecular weight is 239 g/mol. The standard InChI is InChI=1S/C11H17N3OS/c1-6-13-14-10(16-6)12-8-7-4-5-15-9(7)11(8,2)3/h7-9H,4-5H2,1-3H3,(H,12,14)/t7-,8+,9-/m0/s1. The van der Waals surface area contributed by atoms with Crippen LogP contribution in [0, 0.1) is 18.3 Å². The van der Waals surface area contributed by atoms with Gasteiger partial charge in [0, 0.05) is 24.0 Å². The first kappa shape index (κ1) is 10.5. The first-order valence-corrected chi connectivity index (χ1v) is 6.59. The second kappa shape index (κ2) is 3.40. The van der Waals surface area contributed by atoms with Crippen molar-refractivity contribution in [3.63, 3.8) is 0 Å². The van der Waals surface area contributed by atoms with E-state index >= 15 is 0 Å². The molecule has 4 nitrogen and oxygen atoms in total. The predicted octanol–water partition coefficient (Wildman–Crippen LogP) is 2.07. The Balaban J connectivity index is 1.75. The zero-order chi connectivity index (χ0) is 11.3. The third kappa shape index (κ3) is 1.38. The van der Waals surface area contributed by atoms with E-state index in [1.807, 2.05) is 6.92 Å². The average Bonchev–Trinajstić information content (AvgIpc) is 2.81. The molecule has 1 saturated heterocycles. The van der Waals surface area contributed by atoms with Crippen LogP contribution >= 0.6 is 11.3 Å². The molecule has 0 bridgehead atoms. The molecule has 2 fully saturated rings. The van der Waals surface area contributed by atoms with E-state index in [-0.39, 0.29) is 5.41 Å². The maximum Gasteiger partial charge on any atom is 0.205 e. The number of hydrogen-bond donors (Lipinski definition) is 1. The third-order valence-corrected chi connectivity index (χ3v) is 4.68. The number of rotatable bonds is 2. The van der Waals surface area contributed by atoms with E-state index < -0.39 is 0 Å². The molecule has 16 heavy (non-hydrogen) atoms. The molecular formula is C11H17N3OS. The topological polar surface area (TPSA) is 47.0 Å². The fourth-order valence-electron chi connectivity index (χ4n) is 3.11. The van der Waals surface area contributed by atoms with Gasteiger partial charge >= 0.3 is 0 Å². The number of hydrogen-bond acceptors (Lipinski definition) is 5. The van der Waals surface area contributed by atoms with Crippen molar-refractivity contribution in [2.75, 3.05) is 11.9 Å². The Morgan fingerprint density at radius 1 is 1.44 bits per heavy atom. The molecule has 1 saturated carbocycles. The highest BCUT2D eigenvalue weighted by Gasteiger charge is 2.59. The molecule has 3 atom stereocenters. The first-order valence-electron chi connectivity index (χ1n) is 5.77. The Labute approximate surface area is 99.4 Å². The minimum absolute atomic E-state index is 0.209. The molecule has 1 N–H and O–H groups in total. The molecule has 0 unspecified atom stereocenters. The quantitative estimate of drug-likeness (QED) is 0.858. The van der Waals surface area contributed by atoms with Gasteiger partial charge in [-0.2, -0.15) is 0 Å². The Kier molecular flexibility index (Phi) is 2.23. The number of aryl methyl sites for hydroxylation is 1. The number of ether oxygens (including phenoxy) is 1. The van der Waals surface area contributed by atoms with E-state index in [2.05, 4.69) is 29.4 Å². The van der Waals surface area contributed by atoms with Crippen LogP contribution in [0.2, 0.25) is 0 Å². The summed E-state index contributed by atoms with van der Waals surface area (Å²) >= 11 is 1.63. The summed E-state index contributed by atoms with van der Waals surface area (Å²) in [4.78, 5) is 0. The molecule has 1 aliphatic heterocycles. The number of nitrogens with zero attached hydrogens (tertiary/aromatic N) is 2. The monoisotopic (exact) mass is 239 g/mol. The minimum Gasteiger partial charge on any atom is -0.377 e. The molecule has 88 valence electrons. The van der Waals surface area contributed by atoms with Gasteiger partial charge in [-0.25, -0.2) is 0 Å². The zero-order valence-electron chi connectivity index (χ0n) is 9.86. The van der Waals surface area contributed by atoms with Gasteiger partial charge in [0.25, 0.3) is 0 Å². The maximum atomic E-state index is 5.77. The lowest BCUT2D eigenvalue weighted by Gasteiger charge is -2.54. The molecule has 2 aliphatic rings. The van der Waals surface area contributed by atoms with Crippen molar-refractivity contribution in [3.8, 4) is 0 Å². The molecule has 1 aromatic heterocycles. The van der Waals surface area contributed by atoms with E-state index in [4.69, 9.17) is 4.74 Å². The Morgan fingerprint density at radius 3 is 2.94 bits per heavy atom. The van der Waals surface area contributed by atoms with Gasteiger partial charge in [-0.1, -0.05) is 25.2 Å². The lowest BCUT2D eigenvalue weighted by Crippen LogP contribution is -2.63. The van der Waals surface area contributed by atoms with Crippen LogP contribution in [0.1, 0.15) is 25.3 Å². The molecule has 1 aliphatic carbocycles. The van der Waals surface area contributed by atoms with Crippen LogP contribution in [0.25, 0.3) is 0 Å². The summed E-state index contributed by atoms with van der Waals surface area (Å²) in [6.07, 6.45) is 1.60. The van der Waals surface area contributed by atoms with Gasteiger partial charge < -0.3 is 10.1 Å². The van der Waals surface area contributed by atoms with Crippen molar-refractivity contribution >= 4 is 16.5 Å². The number of aromatic nitrogens is 2. The van der Waals surface area contributed by atoms with Gasteiger partial charge in [0.1, 0.15) is 5.01 Å². The van der Waals surface area contributed by atoms with Crippen molar-refractivity contribution < 1.29 is 4.74 Å². The number of fused-ring (bicyclic) bond motifs is 1. The highest BCUT2D eigenvalue weighted by Crippen LogP contribution is 2.53. The molecule has 0 radical (unpaired) electrons. The lowest BCUT2D eigenvalue weighted by atomic mass is 9.57. The molecule has 1 aromatic rings. The van der Waals surface area contributed by atoms with Crippen LogP contribution in [0.4, 0.5) is 5.13 Å². The van der Waals surface area contributed by atoms with E-state index in [9.17, 15) is 0 Å². The van der Waals surface area contributed by atoms with Gasteiger partial charge in [-0.15, -0.1) is 10.2 Å². The van der Waals surface area contributed by atoms with Crippen molar-refractivity contribution in [3.05, 3.63) is 5.01 Å². The summed E-state index contributed by atoms with van der Waals surface area (Å²) in [5, 5.41) is 13.7. The highest BCUT2D eigenvalue weighted by molar-refractivity contribution is 7.15. The summed E-state index contributed by atoms with van der Waals surface area (Å²) in [5.41, 5.74) is 0.209. The molecular weight excluding hydrogens is 222 g/mol. The second-order valence-corrected chi connectivity index (χ2v) is 6.50. The molecule has 0 amide bonds. The smallest absolute Gasteiger partial charge is 0.205 e. The second-order valence-electron chi connectivity index (χ2n) is 5.31. The van der Waals surface area contributed by atoms with E-state index in [0.717, 1.165) is 16.7 Å². The zero-order valence-corrected chi connectivity index (χ0v) is 10.7. The Hall–Kier alpha value is -0.680. The van der Waals surface area contributed by atoms with Crippen LogP contribution in [0.5, 0.6) is 0 Å². The maximum absolute atomic E-state index is 5.77. The molecule has 5 heteroatoms. The lowest BCUT2D eigenvalue weighted by molar-refractivity contribution is -0.0923. The summed E-state index contributed by atoms with van der Waals surface area (Å²) in [7, 11) is 0. The fourth-order valence-corrected chi connectivity index (χ4v) is 3.73. The Morgan fingerprint density at radius 2 is 2.25 bits per heavy atom. The van der Waals surface area contributed by atoms with Gasteiger partial charge in [-0.05, 0) is 13.3 Å². The normalized spacial score (nSPS) is 35.6. The third-order valence-electron chi connectivity index (χ3n) is 3.91. The first-order chi connectivity index (χ1) is 7.59. The van der Waals surface area contributed by atoms with Crippen LogP contribution in [0.3, 0.4) is 0 Å². The van der Waals surface area contributed by atoms with Crippen molar-refractivity contribution in [2.24, 2.45) is 11.3 Å². The summed E-state index contributed by atoms with van der Waals surface area (Å²) < 4.78 is 5.77. The summed E-state index contributed by atoms with van der Waals surface area (Å²) in [6, 6.07) is 0.479. The molecule has 2 heterocycles. The van der Waals surface area contributed by atoms with Crippen molar-refractivity contribution in [1.29, 1.82) is 0 Å². The fraction of sp³-hybridized carbons (Fsp3) is 0.818. The Bertz CT molecular complexity index is 404. The summed E-state index contributed by atoms with van der Waals surface area (Å²) in [6.45, 7) is 7.43.